The molecule has 1 aromatic heterocycles. The molecule has 0 radical (unpaired) electrons. The number of carboxylic acids is 1. The van der Waals surface area contributed by atoms with E-state index in [1.165, 1.54) is 26.5 Å². The first-order valence-electron chi connectivity index (χ1n) is 5.78. The Bertz CT molecular complexity index is 594. The Labute approximate surface area is 115 Å². The maximum Gasteiger partial charge on any atom is 0.339 e. The van der Waals surface area contributed by atoms with Crippen LogP contribution < -0.4 is 9.47 Å². The minimum Gasteiger partial charge on any atom is -0.497 e. The van der Waals surface area contributed by atoms with Crippen LogP contribution in [-0.4, -0.2) is 30.4 Å². The van der Waals surface area contributed by atoms with Crippen molar-refractivity contribution in [3.05, 3.63) is 47.4 Å². The van der Waals surface area contributed by atoms with E-state index in [0.29, 0.717) is 17.1 Å². The van der Waals surface area contributed by atoms with E-state index >= 15 is 0 Å². The number of benzene rings is 1. The number of aliphatic hydroxyl groups excluding tert-OH is 1. The molecule has 0 spiro atoms. The zero-order valence-corrected chi connectivity index (χ0v) is 11.0. The van der Waals surface area contributed by atoms with Gasteiger partial charge in [0.15, 0.2) is 5.76 Å². The largest absolute Gasteiger partial charge is 0.497 e. The monoisotopic (exact) mass is 278 g/mol. The Kier molecular flexibility index (Phi) is 3.95. The van der Waals surface area contributed by atoms with Gasteiger partial charge in [0.1, 0.15) is 23.2 Å². The van der Waals surface area contributed by atoms with Crippen LogP contribution in [0.25, 0.3) is 0 Å². The van der Waals surface area contributed by atoms with Crippen LogP contribution in [0.1, 0.15) is 27.8 Å². The molecule has 0 aliphatic heterocycles. The number of aromatic carboxylic acids is 1. The normalized spacial score (nSPS) is 11.9. The molecule has 0 aliphatic carbocycles. The van der Waals surface area contributed by atoms with Crippen LogP contribution >= 0.6 is 0 Å². The summed E-state index contributed by atoms with van der Waals surface area (Å²) in [5.41, 5.74) is 0.331. The predicted octanol–water partition coefficient (Wildman–Crippen LogP) is 2.08. The quantitative estimate of drug-likeness (QED) is 0.870. The molecule has 0 aliphatic rings. The Morgan fingerprint density at radius 3 is 2.30 bits per heavy atom. The van der Waals surface area contributed by atoms with Gasteiger partial charge in [0.05, 0.1) is 20.5 Å². The summed E-state index contributed by atoms with van der Waals surface area (Å²) in [7, 11) is 2.97. The average molecular weight is 278 g/mol. The number of rotatable bonds is 5. The van der Waals surface area contributed by atoms with Gasteiger partial charge in [0.2, 0.25) is 0 Å². The number of carboxylic acid groups (broad SMARTS) is 1. The van der Waals surface area contributed by atoms with Crippen molar-refractivity contribution in [2.45, 2.75) is 6.10 Å². The van der Waals surface area contributed by atoms with Gasteiger partial charge in [-0.05, 0) is 23.8 Å². The van der Waals surface area contributed by atoms with E-state index in [4.69, 9.17) is 19.0 Å². The molecule has 1 unspecified atom stereocenters. The lowest BCUT2D eigenvalue weighted by Gasteiger charge is -2.13. The van der Waals surface area contributed by atoms with E-state index in [1.807, 2.05) is 0 Å². The second kappa shape index (κ2) is 5.66. The summed E-state index contributed by atoms with van der Waals surface area (Å²) < 4.78 is 15.3. The summed E-state index contributed by atoms with van der Waals surface area (Å²) in [6.07, 6.45) is -0.000492. The second-order valence-electron chi connectivity index (χ2n) is 4.05. The molecular formula is C14H14O6. The van der Waals surface area contributed by atoms with Gasteiger partial charge in [-0.15, -0.1) is 0 Å². The number of hydrogen-bond donors (Lipinski definition) is 2. The number of hydrogen-bond acceptors (Lipinski definition) is 5. The van der Waals surface area contributed by atoms with Crippen molar-refractivity contribution in [3.8, 4) is 11.5 Å². The first-order chi connectivity index (χ1) is 9.56. The third kappa shape index (κ3) is 2.60. The highest BCUT2D eigenvalue weighted by Crippen LogP contribution is 2.31. The maximum atomic E-state index is 11.0. The number of furan rings is 1. The summed E-state index contributed by atoms with van der Waals surface area (Å²) in [6.45, 7) is 0. The van der Waals surface area contributed by atoms with Gasteiger partial charge in [-0.3, -0.25) is 0 Å². The fourth-order valence-corrected chi connectivity index (χ4v) is 1.85. The number of ether oxygens (including phenoxy) is 2. The molecule has 20 heavy (non-hydrogen) atoms. The van der Waals surface area contributed by atoms with Crippen LogP contribution in [0.3, 0.4) is 0 Å². The van der Waals surface area contributed by atoms with Crippen LogP contribution in [0, 0.1) is 0 Å². The molecule has 2 N–H and O–H groups in total. The molecule has 2 rings (SSSR count). The third-order valence-corrected chi connectivity index (χ3v) is 2.86. The molecule has 1 atom stereocenters. The molecule has 1 heterocycles. The maximum absolute atomic E-state index is 11.0. The molecule has 106 valence electrons. The van der Waals surface area contributed by atoms with E-state index in [0.717, 1.165) is 0 Å². The van der Waals surface area contributed by atoms with E-state index in [-0.39, 0.29) is 11.3 Å². The Morgan fingerprint density at radius 1 is 1.20 bits per heavy atom. The van der Waals surface area contributed by atoms with Crippen LogP contribution in [0.15, 0.2) is 34.9 Å². The van der Waals surface area contributed by atoms with Gasteiger partial charge in [-0.2, -0.15) is 0 Å². The SMILES string of the molecule is COc1cc(OC)cc(C(O)c2occc2C(=O)O)c1. The Morgan fingerprint density at radius 2 is 1.80 bits per heavy atom. The standard InChI is InChI=1S/C14H14O6/c1-18-9-5-8(6-10(7-9)19-2)12(15)13-11(14(16)17)3-4-20-13/h3-7,12,15H,1-2H3,(H,16,17). The summed E-state index contributed by atoms with van der Waals surface area (Å²) in [5, 5.41) is 19.3. The lowest BCUT2D eigenvalue weighted by Crippen LogP contribution is -2.06. The lowest BCUT2D eigenvalue weighted by molar-refractivity contribution is 0.0687. The zero-order chi connectivity index (χ0) is 14.7. The van der Waals surface area contributed by atoms with Crippen molar-refractivity contribution in [2.75, 3.05) is 14.2 Å². The first kappa shape index (κ1) is 14.0. The van der Waals surface area contributed by atoms with Gasteiger partial charge >= 0.3 is 5.97 Å². The number of carbonyl (C=O) groups is 1. The fraction of sp³-hybridized carbons (Fsp3) is 0.214. The minimum atomic E-state index is -1.22. The van der Waals surface area contributed by atoms with Crippen molar-refractivity contribution in [1.29, 1.82) is 0 Å². The molecule has 1 aromatic carbocycles. The Hall–Kier alpha value is -2.47. The zero-order valence-electron chi connectivity index (χ0n) is 11.0. The minimum absolute atomic E-state index is 0.0344. The smallest absolute Gasteiger partial charge is 0.339 e. The topological polar surface area (TPSA) is 89.1 Å². The highest BCUT2D eigenvalue weighted by Gasteiger charge is 2.23. The fourth-order valence-electron chi connectivity index (χ4n) is 1.85. The van der Waals surface area contributed by atoms with E-state index in [1.54, 1.807) is 18.2 Å². The molecular weight excluding hydrogens is 264 g/mol. The Balaban J connectivity index is 2.44. The lowest BCUT2D eigenvalue weighted by atomic mass is 10.0. The summed E-state index contributed by atoms with van der Waals surface area (Å²) in [4.78, 5) is 11.0. The van der Waals surface area contributed by atoms with Gasteiger partial charge in [-0.1, -0.05) is 0 Å². The molecule has 6 heteroatoms. The van der Waals surface area contributed by atoms with Gasteiger partial charge in [0.25, 0.3) is 0 Å². The van der Waals surface area contributed by atoms with Crippen molar-refractivity contribution in [1.82, 2.24) is 0 Å². The van der Waals surface area contributed by atoms with Crippen molar-refractivity contribution < 1.29 is 28.9 Å². The molecule has 0 amide bonds. The van der Waals surface area contributed by atoms with Crippen molar-refractivity contribution in [3.63, 3.8) is 0 Å². The van der Waals surface area contributed by atoms with Gasteiger partial charge in [-0.25, -0.2) is 4.79 Å². The van der Waals surface area contributed by atoms with E-state index in [9.17, 15) is 9.90 Å². The summed E-state index contributed by atoms with van der Waals surface area (Å²) in [5.74, 6) is -0.223. The molecule has 0 fully saturated rings. The van der Waals surface area contributed by atoms with Crippen LogP contribution in [0.5, 0.6) is 11.5 Å². The highest BCUT2D eigenvalue weighted by molar-refractivity contribution is 5.88. The molecule has 0 saturated heterocycles. The van der Waals surface area contributed by atoms with Crippen LogP contribution in [0.2, 0.25) is 0 Å². The molecule has 2 aromatic rings. The molecule has 0 bridgehead atoms. The van der Waals surface area contributed by atoms with E-state index < -0.39 is 12.1 Å². The van der Waals surface area contributed by atoms with Gasteiger partial charge < -0.3 is 24.1 Å². The van der Waals surface area contributed by atoms with Crippen LogP contribution in [-0.2, 0) is 0 Å². The number of aliphatic hydroxyl groups is 1. The highest BCUT2D eigenvalue weighted by atomic mass is 16.5. The van der Waals surface area contributed by atoms with Crippen molar-refractivity contribution in [2.24, 2.45) is 0 Å². The molecule has 6 nitrogen and oxygen atoms in total. The summed E-state index contributed by atoms with van der Waals surface area (Å²) in [6, 6.07) is 6.11. The number of methoxy groups -OCH3 is 2. The van der Waals surface area contributed by atoms with Gasteiger partial charge in [0, 0.05) is 6.07 Å². The summed E-state index contributed by atoms with van der Waals surface area (Å²) >= 11 is 0. The second-order valence-corrected chi connectivity index (χ2v) is 4.05. The average Bonchev–Trinajstić information content (AvgIpc) is 2.95. The van der Waals surface area contributed by atoms with Crippen molar-refractivity contribution >= 4 is 5.97 Å². The third-order valence-electron chi connectivity index (χ3n) is 2.86. The molecule has 0 saturated carbocycles. The predicted molar refractivity (Wildman–Crippen MR) is 69.3 cm³/mol. The van der Waals surface area contributed by atoms with E-state index in [2.05, 4.69) is 0 Å². The van der Waals surface area contributed by atoms with Crippen LogP contribution in [0.4, 0.5) is 0 Å². The first-order valence-corrected chi connectivity index (χ1v) is 5.78.